The normalized spacial score (nSPS) is 2.71. The zero-order valence-corrected chi connectivity index (χ0v) is 10.4. The average Bonchev–Trinajstić information content (AvgIpc) is 1.39. The van der Waals surface area contributed by atoms with Crippen LogP contribution >= 0.6 is 0 Å². The van der Waals surface area contributed by atoms with Crippen LogP contribution in [0.15, 0.2) is 5.34 Å². The average molecular weight is 381 g/mol. The van der Waals surface area contributed by atoms with E-state index < -0.39 is 18.0 Å². The molecule has 0 N–H and O–H groups in total. The molecule has 0 aliphatic rings. The SMILES string of the molecule is O=N[O-].[O]=[Sb]=[Ga].[Te]. The maximum atomic E-state index is 9.11. The van der Waals surface area contributed by atoms with Gasteiger partial charge in [-0.15, -0.1) is 5.34 Å². The van der Waals surface area contributed by atoms with Gasteiger partial charge in [0.15, 0.2) is 0 Å². The first-order chi connectivity index (χ1) is 2.83. The molecule has 4 nitrogen and oxygen atoms in total. The molecule has 38 valence electrons. The van der Waals surface area contributed by atoms with Gasteiger partial charge in [-0.25, -0.2) is 0 Å². The standard InChI is InChI=1S/Ga.HNO2.O.Sb.Te/c;2-1-3;;;/h;(H,2,3);;;/p-1. The smallest absolute Gasteiger partial charge is 0 e. The van der Waals surface area contributed by atoms with Gasteiger partial charge in [-0.1, -0.05) is 0 Å². The number of nitrogens with zero attached hydrogens (tertiary/aromatic N) is 1. The second-order valence-electron chi connectivity index (χ2n) is 0.180. The Morgan fingerprint density at radius 1 is 1.71 bits per heavy atom. The molecule has 4 radical (unpaired) electrons. The third kappa shape index (κ3) is 106. The third-order valence-electron chi connectivity index (χ3n) is 0. The Labute approximate surface area is 73.6 Å². The van der Waals surface area contributed by atoms with Gasteiger partial charge in [0.1, 0.15) is 0 Å². The van der Waals surface area contributed by atoms with Gasteiger partial charge in [-0.2, -0.15) is 0 Å². The van der Waals surface area contributed by atoms with Crippen LogP contribution in [-0.2, 0) is 3.02 Å². The Balaban J connectivity index is -0.0000000400. The second-order valence-corrected chi connectivity index (χ2v) is 3.75. The first-order valence-electron chi connectivity index (χ1n) is 0.806. The predicted octanol–water partition coefficient (Wildman–Crippen LogP) is -1.01. The molecule has 0 spiro atoms. The molecule has 0 atom stereocenters. The van der Waals surface area contributed by atoms with E-state index in [0.717, 1.165) is 5.34 Å². The summed E-state index contributed by atoms with van der Waals surface area (Å²) in [7, 11) is 0. The Bertz CT molecular complexity index is 60.0. The maximum Gasteiger partial charge on any atom is 0 e. The van der Waals surface area contributed by atoms with Crippen molar-refractivity contribution < 1.29 is 3.02 Å². The quantitative estimate of drug-likeness (QED) is 0.307. The fraction of sp³-hybridized carbons (Fsp3) is 0. The van der Waals surface area contributed by atoms with Crippen molar-refractivity contribution in [3.8, 4) is 0 Å². The molecule has 0 rings (SSSR count). The summed E-state index contributed by atoms with van der Waals surface area (Å²) in [5.74, 6) is 0. The molecule has 0 aromatic heterocycles. The van der Waals surface area contributed by atoms with Crippen LogP contribution in [0.1, 0.15) is 0 Å². The van der Waals surface area contributed by atoms with Crippen molar-refractivity contribution in [2.45, 2.75) is 0 Å². The molecule has 7 heavy (non-hydrogen) atoms. The summed E-state index contributed by atoms with van der Waals surface area (Å²) in [4.78, 5) is 8.00. The van der Waals surface area contributed by atoms with Crippen molar-refractivity contribution in [2.24, 2.45) is 5.34 Å². The minimum Gasteiger partial charge on any atom is 0 e. The van der Waals surface area contributed by atoms with Crippen molar-refractivity contribution in [2.75, 3.05) is 0 Å². The van der Waals surface area contributed by atoms with E-state index in [2.05, 4.69) is 0 Å². The number of hydrogen-bond acceptors (Lipinski definition) is 4. The Morgan fingerprint density at radius 3 is 1.71 bits per heavy atom. The molecule has 0 amide bonds. The number of rotatable bonds is 0. The van der Waals surface area contributed by atoms with Gasteiger partial charge in [-0.05, 0) is 0 Å². The fourth-order valence-electron chi connectivity index (χ4n) is 0. The molecule has 0 bridgehead atoms. The van der Waals surface area contributed by atoms with Crippen LogP contribution in [0.4, 0.5) is 0 Å². The van der Waals surface area contributed by atoms with Gasteiger partial charge in [0.25, 0.3) is 0 Å². The molecule has 0 heterocycles. The summed E-state index contributed by atoms with van der Waals surface area (Å²) >= 11 is 0.542. The first-order valence-corrected chi connectivity index (χ1v) is 10.6. The van der Waals surface area contributed by atoms with E-state index in [1.165, 1.54) is 14.3 Å². The molecule has 0 aliphatic heterocycles. The van der Waals surface area contributed by atoms with Crippen LogP contribution in [0.5, 0.6) is 0 Å². The van der Waals surface area contributed by atoms with Crippen LogP contribution < -0.4 is 0 Å². The number of hydrogen-bond donors (Lipinski definition) is 0. The van der Waals surface area contributed by atoms with E-state index in [-0.39, 0.29) is 23.7 Å². The molecule has 7 heteroatoms. The van der Waals surface area contributed by atoms with E-state index in [1.807, 2.05) is 0 Å². The monoisotopic (exact) mass is 382 g/mol. The molecular formula is GaNO3SbTe-. The van der Waals surface area contributed by atoms with Crippen molar-refractivity contribution >= 4 is 56.1 Å². The van der Waals surface area contributed by atoms with Gasteiger partial charge in [0.05, 0.1) is 0 Å². The zero-order chi connectivity index (χ0) is 5.41. The second kappa shape index (κ2) is 26.1. The molecule has 0 aromatic rings. The van der Waals surface area contributed by atoms with Crippen molar-refractivity contribution in [3.63, 3.8) is 0 Å². The van der Waals surface area contributed by atoms with Gasteiger partial charge < -0.3 is 10.1 Å². The third-order valence-corrected chi connectivity index (χ3v) is 0. The Kier molecular flexibility index (Phi) is 58.8. The van der Waals surface area contributed by atoms with Crippen LogP contribution in [-0.4, -0.2) is 56.1 Å². The van der Waals surface area contributed by atoms with Crippen LogP contribution in [0.3, 0.4) is 0 Å². The zero-order valence-electron chi connectivity index (χ0n) is 3.10. The van der Waals surface area contributed by atoms with Gasteiger partial charge in [-0.3, -0.25) is 0 Å². The predicted molar refractivity (Wildman–Crippen MR) is 27.1 cm³/mol. The Morgan fingerprint density at radius 2 is 1.71 bits per heavy atom. The van der Waals surface area contributed by atoms with Gasteiger partial charge in [0.2, 0.25) is 0 Å². The molecular weight excluding hydrogens is 381 g/mol. The van der Waals surface area contributed by atoms with E-state index in [0.29, 0.717) is 0 Å². The molecule has 0 saturated heterocycles. The molecule has 0 fully saturated rings. The summed E-state index contributed by atoms with van der Waals surface area (Å²) in [6, 6.07) is 0. The van der Waals surface area contributed by atoms with Gasteiger partial charge in [0, 0.05) is 23.7 Å². The summed E-state index contributed by atoms with van der Waals surface area (Å²) in [5.41, 5.74) is 0. The van der Waals surface area contributed by atoms with Crippen molar-refractivity contribution in [1.29, 1.82) is 0 Å². The first kappa shape index (κ1) is 15.8. The summed E-state index contributed by atoms with van der Waals surface area (Å²) in [6.07, 6.45) is 0. The summed E-state index contributed by atoms with van der Waals surface area (Å²) < 4.78 is 9.11. The molecule has 0 saturated carbocycles. The van der Waals surface area contributed by atoms with Crippen LogP contribution in [0, 0.1) is 10.1 Å². The fourth-order valence-corrected chi connectivity index (χ4v) is 0. The van der Waals surface area contributed by atoms with E-state index in [1.54, 1.807) is 0 Å². The van der Waals surface area contributed by atoms with Gasteiger partial charge >= 0.3 is 35.4 Å². The maximum absolute atomic E-state index is 9.11. The van der Waals surface area contributed by atoms with E-state index in [9.17, 15) is 0 Å². The largest absolute Gasteiger partial charge is 0 e. The van der Waals surface area contributed by atoms with Crippen LogP contribution in [0.25, 0.3) is 0 Å². The summed E-state index contributed by atoms with van der Waals surface area (Å²) in [5, 5.41) is 9.00. The summed E-state index contributed by atoms with van der Waals surface area (Å²) in [6.45, 7) is 0. The molecule has 0 aromatic carbocycles. The van der Waals surface area contributed by atoms with E-state index >= 15 is 0 Å². The van der Waals surface area contributed by atoms with E-state index in [4.69, 9.17) is 13.1 Å². The van der Waals surface area contributed by atoms with Crippen LogP contribution in [0.2, 0.25) is 0 Å². The Hall–Kier alpha value is 1.44. The minimum atomic E-state index is -0.837. The molecule has 0 unspecified atom stereocenters. The molecule has 0 aliphatic carbocycles. The topological polar surface area (TPSA) is 69.6 Å². The van der Waals surface area contributed by atoms with Crippen molar-refractivity contribution in [1.82, 2.24) is 0 Å². The van der Waals surface area contributed by atoms with Crippen molar-refractivity contribution in [3.05, 3.63) is 10.1 Å². The minimum absolute atomic E-state index is 0.